The molecule has 0 aliphatic carbocycles. The van der Waals surface area contributed by atoms with E-state index in [4.69, 9.17) is 9.84 Å². The van der Waals surface area contributed by atoms with Crippen LogP contribution in [-0.4, -0.2) is 41.8 Å². The lowest BCUT2D eigenvalue weighted by atomic mass is 10.2. The summed E-state index contributed by atoms with van der Waals surface area (Å²) in [6.07, 6.45) is 2.34. The Hall–Kier alpha value is -0.910. The highest BCUT2D eigenvalue weighted by Gasteiger charge is 2.19. The van der Waals surface area contributed by atoms with Gasteiger partial charge in [-0.2, -0.15) is 11.8 Å². The summed E-state index contributed by atoms with van der Waals surface area (Å²) in [5.41, 5.74) is 0. The van der Waals surface area contributed by atoms with Gasteiger partial charge in [-0.15, -0.1) is 0 Å². The van der Waals surface area contributed by atoms with E-state index in [1.165, 1.54) is 11.8 Å². The number of carboxylic acid groups (broad SMARTS) is 1. The van der Waals surface area contributed by atoms with Gasteiger partial charge < -0.3 is 15.2 Å². The van der Waals surface area contributed by atoms with Gasteiger partial charge >= 0.3 is 12.1 Å². The maximum Gasteiger partial charge on any atom is 0.407 e. The zero-order chi connectivity index (χ0) is 11.7. The molecule has 0 saturated heterocycles. The monoisotopic (exact) mass is 235 g/mol. The molecule has 0 aliphatic rings. The van der Waals surface area contributed by atoms with Gasteiger partial charge in [0.1, 0.15) is 6.04 Å². The average Bonchev–Trinajstić information content (AvgIpc) is 2.20. The van der Waals surface area contributed by atoms with E-state index in [2.05, 4.69) is 5.32 Å². The number of hydrogen-bond donors (Lipinski definition) is 2. The summed E-state index contributed by atoms with van der Waals surface area (Å²) in [5, 5.41) is 11.1. The Labute approximate surface area is 93.6 Å². The Morgan fingerprint density at radius 1 is 1.53 bits per heavy atom. The number of rotatable bonds is 7. The standard InChI is InChI=1S/C9H17NO4S/c1-3-5-14-9(13)10-7(8(11)12)4-6-15-2/h7H,3-6H2,1-2H3,(H,10,13)(H,11,12). The Morgan fingerprint density at radius 3 is 2.67 bits per heavy atom. The molecule has 0 spiro atoms. The second-order valence-corrected chi connectivity index (χ2v) is 3.94. The van der Waals surface area contributed by atoms with Crippen molar-refractivity contribution in [1.82, 2.24) is 5.32 Å². The predicted molar refractivity (Wildman–Crippen MR) is 59.2 cm³/mol. The summed E-state index contributed by atoms with van der Waals surface area (Å²) in [7, 11) is 0. The highest BCUT2D eigenvalue weighted by molar-refractivity contribution is 7.98. The molecule has 0 heterocycles. The number of nitrogens with one attached hydrogen (secondary N) is 1. The maximum atomic E-state index is 11.1. The first kappa shape index (κ1) is 14.1. The zero-order valence-electron chi connectivity index (χ0n) is 8.99. The molecule has 88 valence electrons. The molecule has 0 rings (SSSR count). The number of hydrogen-bond acceptors (Lipinski definition) is 4. The smallest absolute Gasteiger partial charge is 0.407 e. The summed E-state index contributed by atoms with van der Waals surface area (Å²) < 4.78 is 4.73. The molecule has 0 fully saturated rings. The molecule has 5 nitrogen and oxygen atoms in total. The SMILES string of the molecule is CCCOC(=O)NC(CCSC)C(=O)O. The predicted octanol–water partition coefficient (Wildman–Crippen LogP) is 1.33. The topological polar surface area (TPSA) is 75.6 Å². The molecule has 0 aromatic carbocycles. The first-order valence-electron chi connectivity index (χ1n) is 4.76. The number of carbonyl (C=O) groups is 2. The van der Waals surface area contributed by atoms with Gasteiger partial charge in [0.2, 0.25) is 0 Å². The molecule has 0 radical (unpaired) electrons. The van der Waals surface area contributed by atoms with Crippen LogP contribution in [0.3, 0.4) is 0 Å². The summed E-state index contributed by atoms with van der Waals surface area (Å²) >= 11 is 1.54. The van der Waals surface area contributed by atoms with Crippen molar-refractivity contribution in [3.63, 3.8) is 0 Å². The molecule has 2 N–H and O–H groups in total. The van der Waals surface area contributed by atoms with Crippen LogP contribution in [0.4, 0.5) is 4.79 Å². The minimum atomic E-state index is -1.03. The van der Waals surface area contributed by atoms with Crippen LogP contribution in [0.15, 0.2) is 0 Å². The number of amides is 1. The van der Waals surface area contributed by atoms with Crippen LogP contribution in [0.1, 0.15) is 19.8 Å². The highest BCUT2D eigenvalue weighted by atomic mass is 32.2. The number of carboxylic acids is 1. The van der Waals surface area contributed by atoms with Crippen molar-refractivity contribution < 1.29 is 19.4 Å². The molecule has 6 heteroatoms. The van der Waals surface area contributed by atoms with E-state index in [9.17, 15) is 9.59 Å². The lowest BCUT2D eigenvalue weighted by Crippen LogP contribution is -2.41. The normalized spacial score (nSPS) is 11.9. The lowest BCUT2D eigenvalue weighted by molar-refractivity contribution is -0.139. The third kappa shape index (κ3) is 7.07. The van der Waals surface area contributed by atoms with Gasteiger partial charge in [-0.1, -0.05) is 6.92 Å². The van der Waals surface area contributed by atoms with Crippen molar-refractivity contribution in [2.24, 2.45) is 0 Å². The number of alkyl carbamates (subject to hydrolysis) is 1. The van der Waals surface area contributed by atoms with E-state index in [1.54, 1.807) is 0 Å². The number of ether oxygens (including phenoxy) is 1. The van der Waals surface area contributed by atoms with Crippen LogP contribution in [0.2, 0.25) is 0 Å². The summed E-state index contributed by atoms with van der Waals surface area (Å²) in [5.74, 6) is -0.345. The molecule has 0 aromatic heterocycles. The molecular formula is C9H17NO4S. The first-order valence-corrected chi connectivity index (χ1v) is 6.16. The highest BCUT2D eigenvalue weighted by Crippen LogP contribution is 2.01. The Kier molecular flexibility index (Phi) is 7.89. The van der Waals surface area contributed by atoms with Crippen LogP contribution in [0.5, 0.6) is 0 Å². The molecule has 1 unspecified atom stereocenters. The van der Waals surface area contributed by atoms with Gasteiger partial charge in [0.15, 0.2) is 0 Å². The average molecular weight is 235 g/mol. The summed E-state index contributed by atoms with van der Waals surface area (Å²) in [6, 6.07) is -0.859. The van der Waals surface area contributed by atoms with E-state index in [0.717, 1.165) is 6.42 Å². The molecule has 0 aliphatic heterocycles. The second-order valence-electron chi connectivity index (χ2n) is 2.95. The van der Waals surface area contributed by atoms with Crippen LogP contribution >= 0.6 is 11.8 Å². The fourth-order valence-electron chi connectivity index (χ4n) is 0.872. The molecule has 0 bridgehead atoms. The van der Waals surface area contributed by atoms with Crippen LogP contribution < -0.4 is 5.32 Å². The van der Waals surface area contributed by atoms with Gasteiger partial charge in [0.25, 0.3) is 0 Å². The fourth-order valence-corrected chi connectivity index (χ4v) is 1.34. The van der Waals surface area contributed by atoms with Crippen molar-refractivity contribution in [1.29, 1.82) is 0 Å². The van der Waals surface area contributed by atoms with Gasteiger partial charge in [0.05, 0.1) is 6.61 Å². The number of thioether (sulfide) groups is 1. The van der Waals surface area contributed by atoms with E-state index in [0.29, 0.717) is 18.8 Å². The Morgan fingerprint density at radius 2 is 2.20 bits per heavy atom. The van der Waals surface area contributed by atoms with Crippen LogP contribution in [-0.2, 0) is 9.53 Å². The van der Waals surface area contributed by atoms with Crippen molar-refractivity contribution >= 4 is 23.8 Å². The molecule has 1 amide bonds. The van der Waals surface area contributed by atoms with Gasteiger partial charge in [-0.3, -0.25) is 0 Å². The Balaban J connectivity index is 3.93. The van der Waals surface area contributed by atoms with Gasteiger partial charge in [0, 0.05) is 0 Å². The molecule has 0 aromatic rings. The quantitative estimate of drug-likeness (QED) is 0.696. The molecule has 0 saturated carbocycles. The van der Waals surface area contributed by atoms with E-state index in [-0.39, 0.29) is 0 Å². The molecule has 15 heavy (non-hydrogen) atoms. The van der Waals surface area contributed by atoms with Crippen LogP contribution in [0, 0.1) is 0 Å². The molecular weight excluding hydrogens is 218 g/mol. The van der Waals surface area contributed by atoms with E-state index in [1.807, 2.05) is 13.2 Å². The van der Waals surface area contributed by atoms with Crippen molar-refractivity contribution in [2.45, 2.75) is 25.8 Å². The Bertz CT molecular complexity index is 210. The largest absolute Gasteiger partial charge is 0.480 e. The van der Waals surface area contributed by atoms with Gasteiger partial charge in [-0.05, 0) is 24.9 Å². The maximum absolute atomic E-state index is 11.1. The number of aliphatic carboxylic acids is 1. The second kappa shape index (κ2) is 8.40. The third-order valence-corrected chi connectivity index (χ3v) is 2.28. The summed E-state index contributed by atoms with van der Waals surface area (Å²) in [4.78, 5) is 21.8. The van der Waals surface area contributed by atoms with Crippen molar-refractivity contribution in [3.05, 3.63) is 0 Å². The van der Waals surface area contributed by atoms with Crippen LogP contribution in [0.25, 0.3) is 0 Å². The van der Waals surface area contributed by atoms with E-state index >= 15 is 0 Å². The first-order chi connectivity index (χ1) is 7.11. The minimum absolute atomic E-state index is 0.306. The van der Waals surface area contributed by atoms with Crippen molar-refractivity contribution in [2.75, 3.05) is 18.6 Å². The minimum Gasteiger partial charge on any atom is -0.480 e. The van der Waals surface area contributed by atoms with E-state index < -0.39 is 18.1 Å². The third-order valence-electron chi connectivity index (χ3n) is 1.64. The zero-order valence-corrected chi connectivity index (χ0v) is 9.80. The number of carbonyl (C=O) groups excluding carboxylic acids is 1. The van der Waals surface area contributed by atoms with Gasteiger partial charge in [-0.25, -0.2) is 9.59 Å². The lowest BCUT2D eigenvalue weighted by Gasteiger charge is -2.13. The summed E-state index contributed by atoms with van der Waals surface area (Å²) in [6.45, 7) is 2.18. The molecule has 1 atom stereocenters. The fraction of sp³-hybridized carbons (Fsp3) is 0.778. The van der Waals surface area contributed by atoms with Crippen molar-refractivity contribution in [3.8, 4) is 0 Å².